The molecule has 1 aliphatic rings. The fourth-order valence-electron chi connectivity index (χ4n) is 2.97. The van der Waals surface area contributed by atoms with Gasteiger partial charge in [-0.25, -0.2) is 4.68 Å². The quantitative estimate of drug-likeness (QED) is 0.779. The third-order valence-electron chi connectivity index (χ3n) is 4.54. The largest absolute Gasteiger partial charge is 0.345 e. The highest BCUT2D eigenvalue weighted by molar-refractivity contribution is 5.95. The first-order valence-electron chi connectivity index (χ1n) is 8.41. The first-order chi connectivity index (χ1) is 12.2. The Labute approximate surface area is 145 Å². The zero-order chi connectivity index (χ0) is 17.2. The number of aromatic nitrogens is 4. The van der Waals surface area contributed by atoms with Crippen LogP contribution in [0.15, 0.2) is 54.9 Å². The highest BCUT2D eigenvalue weighted by Gasteiger charge is 2.33. The van der Waals surface area contributed by atoms with Crippen LogP contribution in [0.25, 0.3) is 5.69 Å². The van der Waals surface area contributed by atoms with Gasteiger partial charge in [-0.1, -0.05) is 35.9 Å². The van der Waals surface area contributed by atoms with Crippen molar-refractivity contribution in [2.24, 2.45) is 5.92 Å². The van der Waals surface area contributed by atoms with E-state index in [2.05, 4.69) is 52.0 Å². The molecule has 1 fully saturated rings. The van der Waals surface area contributed by atoms with Crippen molar-refractivity contribution >= 4 is 5.91 Å². The Kier molecular flexibility index (Phi) is 4.01. The lowest BCUT2D eigenvalue weighted by atomic mass is 10.0. The molecule has 6 nitrogen and oxygen atoms in total. The highest BCUT2D eigenvalue weighted by atomic mass is 16.1. The first-order valence-corrected chi connectivity index (χ1v) is 8.41. The van der Waals surface area contributed by atoms with Crippen LogP contribution in [0.3, 0.4) is 0 Å². The van der Waals surface area contributed by atoms with E-state index in [9.17, 15) is 4.79 Å². The van der Waals surface area contributed by atoms with Crippen molar-refractivity contribution in [1.29, 1.82) is 0 Å². The molecular formula is C19H19N5O. The molecular weight excluding hydrogens is 314 g/mol. The van der Waals surface area contributed by atoms with Gasteiger partial charge in [0.25, 0.3) is 5.91 Å². The topological polar surface area (TPSA) is 72.7 Å². The summed E-state index contributed by atoms with van der Waals surface area (Å²) in [6, 6.07) is 15.8. The number of benzene rings is 2. The predicted octanol–water partition coefficient (Wildman–Crippen LogP) is 2.85. The molecule has 1 N–H and O–H groups in total. The second-order valence-electron chi connectivity index (χ2n) is 6.50. The molecule has 0 saturated heterocycles. The molecule has 1 amide bonds. The summed E-state index contributed by atoms with van der Waals surface area (Å²) in [7, 11) is 0. The van der Waals surface area contributed by atoms with Crippen molar-refractivity contribution < 1.29 is 4.79 Å². The van der Waals surface area contributed by atoms with E-state index < -0.39 is 0 Å². The zero-order valence-electron chi connectivity index (χ0n) is 14.0. The summed E-state index contributed by atoms with van der Waals surface area (Å²) in [5.41, 5.74) is 3.75. The smallest absolute Gasteiger partial charge is 0.251 e. The molecule has 2 aromatic carbocycles. The number of rotatable bonds is 5. The summed E-state index contributed by atoms with van der Waals surface area (Å²) in [5, 5.41) is 14.3. The number of hydrogen-bond acceptors (Lipinski definition) is 4. The molecule has 4 rings (SSSR count). The summed E-state index contributed by atoms with van der Waals surface area (Å²) in [4.78, 5) is 12.8. The third-order valence-corrected chi connectivity index (χ3v) is 4.54. The van der Waals surface area contributed by atoms with Crippen LogP contribution >= 0.6 is 0 Å². The van der Waals surface area contributed by atoms with Gasteiger partial charge < -0.3 is 5.32 Å². The highest BCUT2D eigenvalue weighted by Crippen LogP contribution is 2.41. The average Bonchev–Trinajstić information content (AvgIpc) is 3.33. The average molecular weight is 333 g/mol. The van der Waals surface area contributed by atoms with Crippen molar-refractivity contribution in [3.8, 4) is 5.69 Å². The fraction of sp³-hybridized carbons (Fsp3) is 0.263. The van der Waals surface area contributed by atoms with E-state index in [0.29, 0.717) is 11.5 Å². The van der Waals surface area contributed by atoms with Crippen LogP contribution < -0.4 is 5.32 Å². The van der Waals surface area contributed by atoms with Crippen molar-refractivity contribution in [1.82, 2.24) is 25.5 Å². The normalized spacial score (nSPS) is 14.9. The minimum absolute atomic E-state index is 0.0600. The zero-order valence-corrected chi connectivity index (χ0v) is 14.0. The maximum atomic E-state index is 12.8. The van der Waals surface area contributed by atoms with E-state index in [-0.39, 0.29) is 11.9 Å². The number of nitrogens with zero attached hydrogens (tertiary/aromatic N) is 4. The molecule has 0 radical (unpaired) electrons. The van der Waals surface area contributed by atoms with Gasteiger partial charge in [0.15, 0.2) is 0 Å². The van der Waals surface area contributed by atoms with E-state index in [0.717, 1.165) is 24.1 Å². The summed E-state index contributed by atoms with van der Waals surface area (Å²) in [5.74, 6) is 0.446. The number of hydrogen-bond donors (Lipinski definition) is 1. The van der Waals surface area contributed by atoms with E-state index in [1.54, 1.807) is 6.07 Å². The van der Waals surface area contributed by atoms with E-state index in [4.69, 9.17) is 0 Å². The molecule has 25 heavy (non-hydrogen) atoms. The molecule has 0 aliphatic heterocycles. The SMILES string of the molecule is Cc1ccc([C@@H](NC(=O)c2cccc(-n3cnnn3)c2)C2CC2)cc1. The number of aryl methyl sites for hydroxylation is 1. The predicted molar refractivity (Wildman–Crippen MR) is 93.3 cm³/mol. The summed E-state index contributed by atoms with van der Waals surface area (Å²) < 4.78 is 1.54. The van der Waals surface area contributed by atoms with Crippen LogP contribution in [-0.2, 0) is 0 Å². The van der Waals surface area contributed by atoms with Gasteiger partial charge in [-0.05, 0) is 59.9 Å². The van der Waals surface area contributed by atoms with Gasteiger partial charge in [-0.15, -0.1) is 5.10 Å². The van der Waals surface area contributed by atoms with E-state index in [1.165, 1.54) is 16.6 Å². The van der Waals surface area contributed by atoms with Gasteiger partial charge in [0, 0.05) is 5.56 Å². The monoisotopic (exact) mass is 333 g/mol. The summed E-state index contributed by atoms with van der Waals surface area (Å²) in [6.07, 6.45) is 3.82. The van der Waals surface area contributed by atoms with Crippen LogP contribution in [0.5, 0.6) is 0 Å². The Morgan fingerprint density at radius 3 is 2.68 bits per heavy atom. The molecule has 1 aliphatic carbocycles. The Bertz CT molecular complexity index is 869. The Hall–Kier alpha value is -3.02. The molecule has 126 valence electrons. The summed E-state index contributed by atoms with van der Waals surface area (Å²) >= 11 is 0. The minimum atomic E-state index is -0.0765. The van der Waals surface area contributed by atoms with Crippen LogP contribution in [-0.4, -0.2) is 26.1 Å². The maximum absolute atomic E-state index is 12.8. The van der Waals surface area contributed by atoms with E-state index in [1.807, 2.05) is 18.2 Å². The van der Waals surface area contributed by atoms with Crippen LogP contribution in [0.1, 0.15) is 40.4 Å². The van der Waals surface area contributed by atoms with Gasteiger partial charge >= 0.3 is 0 Å². The van der Waals surface area contributed by atoms with Gasteiger partial charge in [0.1, 0.15) is 6.33 Å². The van der Waals surface area contributed by atoms with Gasteiger partial charge in [0.05, 0.1) is 11.7 Å². The van der Waals surface area contributed by atoms with Gasteiger partial charge in [-0.2, -0.15) is 0 Å². The second-order valence-corrected chi connectivity index (χ2v) is 6.50. The number of amides is 1. The van der Waals surface area contributed by atoms with Gasteiger partial charge in [0.2, 0.25) is 0 Å². The van der Waals surface area contributed by atoms with Crippen molar-refractivity contribution in [2.75, 3.05) is 0 Å². The number of nitrogens with one attached hydrogen (secondary N) is 1. The van der Waals surface area contributed by atoms with Crippen molar-refractivity contribution in [3.63, 3.8) is 0 Å². The first kappa shape index (κ1) is 15.5. The molecule has 0 bridgehead atoms. The third kappa shape index (κ3) is 3.42. The molecule has 1 heterocycles. The Balaban J connectivity index is 1.56. The second kappa shape index (κ2) is 6.47. The molecule has 1 aromatic heterocycles. The maximum Gasteiger partial charge on any atom is 0.251 e. The van der Waals surface area contributed by atoms with Crippen molar-refractivity contribution in [2.45, 2.75) is 25.8 Å². The van der Waals surface area contributed by atoms with E-state index >= 15 is 0 Å². The lowest BCUT2D eigenvalue weighted by Gasteiger charge is -2.19. The lowest BCUT2D eigenvalue weighted by molar-refractivity contribution is 0.0931. The molecule has 1 atom stereocenters. The number of carbonyl (C=O) groups excluding carboxylic acids is 1. The standard InChI is InChI=1S/C19H19N5O/c1-13-5-7-14(8-6-13)18(15-9-10-15)21-19(25)16-3-2-4-17(11-16)24-12-20-22-23-24/h2-8,11-12,15,18H,9-10H2,1H3,(H,21,25)/t18-/m1/s1. The van der Waals surface area contributed by atoms with Gasteiger partial charge in [-0.3, -0.25) is 4.79 Å². The fourth-order valence-corrected chi connectivity index (χ4v) is 2.97. The number of tetrazole rings is 1. The Morgan fingerprint density at radius 1 is 1.20 bits per heavy atom. The van der Waals surface area contributed by atoms with Crippen LogP contribution in [0.2, 0.25) is 0 Å². The van der Waals surface area contributed by atoms with Crippen LogP contribution in [0, 0.1) is 12.8 Å². The molecule has 1 saturated carbocycles. The van der Waals surface area contributed by atoms with Crippen molar-refractivity contribution in [3.05, 3.63) is 71.5 Å². The van der Waals surface area contributed by atoms with Crippen LogP contribution in [0.4, 0.5) is 0 Å². The molecule has 0 unspecified atom stereocenters. The number of carbonyl (C=O) groups is 1. The lowest BCUT2D eigenvalue weighted by Crippen LogP contribution is -2.30. The summed E-state index contributed by atoms with van der Waals surface area (Å²) in [6.45, 7) is 2.07. The molecule has 6 heteroatoms. The molecule has 0 spiro atoms. The molecule has 3 aromatic rings. The Morgan fingerprint density at radius 2 is 2.00 bits per heavy atom. The minimum Gasteiger partial charge on any atom is -0.345 e.